The minimum Gasteiger partial charge on any atom is -0.387 e. The number of aliphatic hydroxyl groups is 1. The first-order chi connectivity index (χ1) is 18.2. The molecule has 2 aromatic heterocycles. The first-order valence-corrected chi connectivity index (χ1v) is 13.6. The summed E-state index contributed by atoms with van der Waals surface area (Å²) in [6.07, 6.45) is 13.0. The van der Waals surface area contributed by atoms with Crippen LogP contribution in [-0.2, 0) is 11.2 Å². The summed E-state index contributed by atoms with van der Waals surface area (Å²) < 4.78 is 2.00. The van der Waals surface area contributed by atoms with Crippen molar-refractivity contribution in [1.82, 2.24) is 19.5 Å². The molecule has 2 bridgehead atoms. The van der Waals surface area contributed by atoms with Crippen molar-refractivity contribution in [2.45, 2.75) is 68.9 Å². The zero-order chi connectivity index (χ0) is 24.9. The lowest BCUT2D eigenvalue weighted by molar-refractivity contribution is -0.138. The number of benzene rings is 1. The Labute approximate surface area is 216 Å². The average molecular weight is 497 g/mol. The highest BCUT2D eigenvalue weighted by molar-refractivity contribution is 5.83. The second-order valence-corrected chi connectivity index (χ2v) is 10.8. The van der Waals surface area contributed by atoms with Gasteiger partial charge in [-0.05, 0) is 50.5 Å². The van der Waals surface area contributed by atoms with Crippen LogP contribution in [0.3, 0.4) is 0 Å². The number of aliphatic hydroxyl groups excluding tert-OH is 1. The molecule has 8 heteroatoms. The van der Waals surface area contributed by atoms with Gasteiger partial charge in [-0.2, -0.15) is 9.61 Å². The summed E-state index contributed by atoms with van der Waals surface area (Å²) in [5, 5.41) is 17.9. The molecule has 37 heavy (non-hydrogen) atoms. The Morgan fingerprint density at radius 1 is 1.14 bits per heavy atom. The number of aromatic nitrogens is 3. The van der Waals surface area contributed by atoms with Crippen LogP contribution >= 0.6 is 0 Å². The first-order valence-electron chi connectivity index (χ1n) is 13.6. The number of piperidine rings is 1. The molecule has 6 heterocycles. The molecule has 0 saturated carbocycles. The molecule has 0 spiro atoms. The number of nitrogens with one attached hydrogen (secondary N) is 1. The molecule has 1 aromatic carbocycles. The van der Waals surface area contributed by atoms with Crippen molar-refractivity contribution in [3.63, 3.8) is 0 Å². The van der Waals surface area contributed by atoms with Gasteiger partial charge in [0.15, 0.2) is 5.65 Å². The Morgan fingerprint density at radius 3 is 2.68 bits per heavy atom. The first kappa shape index (κ1) is 22.7. The van der Waals surface area contributed by atoms with Crippen molar-refractivity contribution in [2.24, 2.45) is 4.99 Å². The van der Waals surface area contributed by atoms with Crippen LogP contribution in [0.4, 0.5) is 5.82 Å². The van der Waals surface area contributed by atoms with Gasteiger partial charge in [0.25, 0.3) is 0 Å². The number of hydrogen-bond acceptors (Lipinski definition) is 6. The van der Waals surface area contributed by atoms with Crippen LogP contribution in [0.5, 0.6) is 0 Å². The van der Waals surface area contributed by atoms with Gasteiger partial charge in [0.1, 0.15) is 12.4 Å². The van der Waals surface area contributed by atoms with Crippen LogP contribution in [0.25, 0.3) is 11.3 Å². The van der Waals surface area contributed by atoms with Crippen molar-refractivity contribution in [3.8, 4) is 0 Å². The molecule has 4 aliphatic heterocycles. The van der Waals surface area contributed by atoms with Crippen molar-refractivity contribution in [2.75, 3.05) is 18.5 Å². The minimum atomic E-state index is -0.399. The van der Waals surface area contributed by atoms with Gasteiger partial charge in [0.05, 0.1) is 17.6 Å². The molecule has 8 nitrogen and oxygen atoms in total. The highest BCUT2D eigenvalue weighted by Crippen LogP contribution is 2.45. The second kappa shape index (κ2) is 9.10. The Morgan fingerprint density at radius 2 is 1.95 bits per heavy atom. The van der Waals surface area contributed by atoms with E-state index < -0.39 is 6.61 Å². The monoisotopic (exact) mass is 496 g/mol. The number of carbonyl (C=O) groups is 1. The highest BCUT2D eigenvalue weighted by atomic mass is 16.3. The van der Waals surface area contributed by atoms with Crippen molar-refractivity contribution < 1.29 is 9.90 Å². The Bertz CT molecular complexity index is 1400. The van der Waals surface area contributed by atoms with Gasteiger partial charge in [-0.1, -0.05) is 36.4 Å². The smallest absolute Gasteiger partial charge is 0.248 e. The molecule has 7 rings (SSSR count). The van der Waals surface area contributed by atoms with E-state index in [0.29, 0.717) is 5.92 Å². The summed E-state index contributed by atoms with van der Waals surface area (Å²) in [6, 6.07) is 10.7. The van der Waals surface area contributed by atoms with Crippen LogP contribution in [0.2, 0.25) is 0 Å². The lowest BCUT2D eigenvalue weighted by Gasteiger charge is -2.39. The minimum absolute atomic E-state index is 0.129. The normalized spacial score (nSPS) is 26.6. The fraction of sp³-hybridized carbons (Fsp3) is 0.448. The Kier molecular flexibility index (Phi) is 5.57. The lowest BCUT2D eigenvalue weighted by atomic mass is 9.84. The lowest BCUT2D eigenvalue weighted by Crippen LogP contribution is -2.47. The van der Waals surface area contributed by atoms with E-state index in [1.807, 2.05) is 40.0 Å². The van der Waals surface area contributed by atoms with E-state index in [9.17, 15) is 9.90 Å². The average Bonchev–Trinajstić information content (AvgIpc) is 3.50. The molecule has 3 aromatic rings. The molecule has 1 amide bonds. The van der Waals surface area contributed by atoms with Gasteiger partial charge in [-0.15, -0.1) is 0 Å². The van der Waals surface area contributed by atoms with Crippen LogP contribution in [0.15, 0.2) is 47.6 Å². The summed E-state index contributed by atoms with van der Waals surface area (Å²) in [6.45, 7) is 0.535. The van der Waals surface area contributed by atoms with Crippen LogP contribution < -0.4 is 5.32 Å². The maximum atomic E-state index is 12.4. The molecular weight excluding hydrogens is 464 g/mol. The fourth-order valence-corrected chi connectivity index (χ4v) is 6.98. The van der Waals surface area contributed by atoms with Gasteiger partial charge < -0.3 is 15.3 Å². The van der Waals surface area contributed by atoms with Crippen LogP contribution in [0, 0.1) is 0 Å². The third-order valence-electron chi connectivity index (χ3n) is 8.67. The molecule has 2 saturated heterocycles. The number of rotatable bonds is 4. The molecule has 3 unspecified atom stereocenters. The van der Waals surface area contributed by atoms with Gasteiger partial charge in [-0.25, -0.2) is 4.98 Å². The molecule has 2 fully saturated rings. The van der Waals surface area contributed by atoms with E-state index >= 15 is 0 Å². The Hall–Kier alpha value is -3.52. The number of fused-ring (bicyclic) bond motifs is 5. The van der Waals surface area contributed by atoms with E-state index in [1.54, 1.807) is 0 Å². The summed E-state index contributed by atoms with van der Waals surface area (Å²) >= 11 is 0. The van der Waals surface area contributed by atoms with Gasteiger partial charge >= 0.3 is 0 Å². The second-order valence-electron chi connectivity index (χ2n) is 10.8. The summed E-state index contributed by atoms with van der Waals surface area (Å²) in [7, 11) is 0. The molecule has 3 atom stereocenters. The largest absolute Gasteiger partial charge is 0.387 e. The van der Waals surface area contributed by atoms with Crippen LogP contribution in [0.1, 0.15) is 72.7 Å². The van der Waals surface area contributed by atoms with Gasteiger partial charge in [0, 0.05) is 47.8 Å². The number of aliphatic imine (C=N–C) groups is 1. The predicted octanol–water partition coefficient (Wildman–Crippen LogP) is 3.92. The molecule has 0 aliphatic carbocycles. The number of amides is 1. The van der Waals surface area contributed by atoms with Crippen molar-refractivity contribution >= 4 is 29.3 Å². The van der Waals surface area contributed by atoms with Crippen molar-refractivity contribution in [3.05, 3.63) is 65.0 Å². The number of anilines is 1. The maximum Gasteiger partial charge on any atom is 0.248 e. The maximum absolute atomic E-state index is 12.4. The Balaban J connectivity index is 1.24. The van der Waals surface area contributed by atoms with Gasteiger partial charge in [-0.3, -0.25) is 9.79 Å². The third-order valence-corrected chi connectivity index (χ3v) is 8.67. The number of allylic oxidation sites excluding steroid dienone is 1. The van der Waals surface area contributed by atoms with E-state index in [2.05, 4.69) is 23.5 Å². The highest BCUT2D eigenvalue weighted by Gasteiger charge is 2.44. The molecule has 2 N–H and O–H groups in total. The van der Waals surface area contributed by atoms with E-state index in [-0.39, 0.29) is 23.9 Å². The summed E-state index contributed by atoms with van der Waals surface area (Å²) in [5.41, 5.74) is 6.63. The van der Waals surface area contributed by atoms with E-state index in [1.165, 1.54) is 11.3 Å². The molecular formula is C29H32N6O2. The van der Waals surface area contributed by atoms with Crippen LogP contribution in [-0.4, -0.2) is 62.0 Å². The predicted molar refractivity (Wildman–Crippen MR) is 143 cm³/mol. The third kappa shape index (κ3) is 3.77. The number of hydrogen-bond donors (Lipinski definition) is 2. The molecule has 0 radical (unpaired) electrons. The zero-order valence-electron chi connectivity index (χ0n) is 20.9. The van der Waals surface area contributed by atoms with E-state index in [0.717, 1.165) is 79.8 Å². The molecule has 190 valence electrons. The quantitative estimate of drug-likeness (QED) is 0.571. The zero-order valence-corrected chi connectivity index (χ0v) is 20.9. The fourth-order valence-electron chi connectivity index (χ4n) is 6.98. The number of carbonyl (C=O) groups excluding carboxylic acids is 1. The van der Waals surface area contributed by atoms with E-state index in [4.69, 9.17) is 15.1 Å². The standard InChI is InChI=1S/C29H32N6O2/c36-17-26(37)34-21-9-10-22(34)14-20(13-21)27-23-7-4-12-30-28(23)35-29(33-27)24(16-32-35)19-8-11-25(31-15-19)18-5-2-1-3-6-18/h1-3,5-6,11,15-16,19-22,30,36H,4,7-10,12-14,17H2. The topological polar surface area (TPSA) is 95.1 Å². The molecule has 4 aliphatic rings. The van der Waals surface area contributed by atoms with Gasteiger partial charge in [0.2, 0.25) is 5.91 Å². The number of nitrogens with zero attached hydrogens (tertiary/aromatic N) is 5. The van der Waals surface area contributed by atoms with Crippen molar-refractivity contribution in [1.29, 1.82) is 0 Å². The SMILES string of the molecule is O=C(CO)N1C2CCC1CC(c1nc3c(C4C=NC(c5ccccc5)=CC4)cnn3c3c1CCCN3)C2. The summed E-state index contributed by atoms with van der Waals surface area (Å²) in [4.78, 5) is 24.5. The summed E-state index contributed by atoms with van der Waals surface area (Å²) in [5.74, 6) is 1.39.